The minimum Gasteiger partial charge on any atom is -0.411 e. The molecule has 32 heavy (non-hydrogen) atoms. The van der Waals surface area contributed by atoms with Crippen molar-refractivity contribution in [3.8, 4) is 11.3 Å². The lowest BCUT2D eigenvalue weighted by Gasteiger charge is -2.56. The van der Waals surface area contributed by atoms with E-state index in [1.807, 2.05) is 10.6 Å². The van der Waals surface area contributed by atoms with Crippen LogP contribution >= 0.6 is 0 Å². The summed E-state index contributed by atoms with van der Waals surface area (Å²) >= 11 is 0. The third kappa shape index (κ3) is 3.25. The summed E-state index contributed by atoms with van der Waals surface area (Å²) in [7, 11) is -1.86. The topological polar surface area (TPSA) is 44.1 Å². The van der Waals surface area contributed by atoms with Gasteiger partial charge in [-0.15, -0.1) is 0 Å². The molecular formula is C26H35FN2O2Si. The molecule has 1 aromatic heterocycles. The van der Waals surface area contributed by atoms with Crippen LogP contribution in [0.4, 0.5) is 4.39 Å². The van der Waals surface area contributed by atoms with Gasteiger partial charge < -0.3 is 8.99 Å². The maximum Gasteiger partial charge on any atom is 0.192 e. The normalized spacial score (nSPS) is 29.1. The Morgan fingerprint density at radius 1 is 1.19 bits per heavy atom. The zero-order valence-corrected chi connectivity index (χ0v) is 21.0. The van der Waals surface area contributed by atoms with Crippen LogP contribution in [0.2, 0.25) is 18.1 Å². The minimum absolute atomic E-state index is 0.0470. The van der Waals surface area contributed by atoms with Gasteiger partial charge in [0.2, 0.25) is 0 Å². The van der Waals surface area contributed by atoms with Crippen LogP contribution in [0, 0.1) is 11.2 Å². The standard InChI is InChI=1S/C26H35FN2O2Si/c1-24(2,3)32(4,5)31-26-12-9-25(10-13-26,11-14-26)22(30)15-20-23-18(7-6-8-19(23)27)21-16-28-17-29(20)21/h6-8,16-17,20H,9-15H2,1-5H3. The second-order valence-electron chi connectivity index (χ2n) is 11.9. The first kappa shape index (κ1) is 22.0. The van der Waals surface area contributed by atoms with Crippen LogP contribution in [0.3, 0.4) is 0 Å². The minimum atomic E-state index is -1.86. The van der Waals surface area contributed by atoms with Gasteiger partial charge in [-0.1, -0.05) is 32.9 Å². The number of hydrogen-bond donors (Lipinski definition) is 0. The van der Waals surface area contributed by atoms with Gasteiger partial charge in [0.1, 0.15) is 11.6 Å². The lowest BCUT2D eigenvalue weighted by atomic mass is 9.56. The van der Waals surface area contributed by atoms with Crippen LogP contribution in [-0.2, 0) is 9.22 Å². The summed E-state index contributed by atoms with van der Waals surface area (Å²) in [5.41, 5.74) is 2.11. The zero-order valence-electron chi connectivity index (χ0n) is 20.0. The number of imidazole rings is 1. The molecule has 6 rings (SSSR count). The van der Waals surface area contributed by atoms with Crippen molar-refractivity contribution >= 4 is 14.1 Å². The summed E-state index contributed by atoms with van der Waals surface area (Å²) in [6, 6.07) is 4.88. The highest BCUT2D eigenvalue weighted by atomic mass is 28.4. The second-order valence-corrected chi connectivity index (χ2v) is 16.6. The predicted molar refractivity (Wildman–Crippen MR) is 127 cm³/mol. The van der Waals surface area contributed by atoms with E-state index in [0.717, 1.165) is 49.8 Å². The Morgan fingerprint density at radius 2 is 1.84 bits per heavy atom. The van der Waals surface area contributed by atoms with E-state index in [0.29, 0.717) is 17.8 Å². The van der Waals surface area contributed by atoms with Crippen molar-refractivity contribution < 1.29 is 13.6 Å². The van der Waals surface area contributed by atoms with E-state index >= 15 is 0 Å². The Labute approximate surface area is 191 Å². The zero-order chi connectivity index (χ0) is 22.9. The molecule has 2 heterocycles. The number of carbonyl (C=O) groups excluding carboxylic acids is 1. The summed E-state index contributed by atoms with van der Waals surface area (Å²) in [4.78, 5) is 18.0. The quantitative estimate of drug-likeness (QED) is 0.474. The Kier molecular flexibility index (Phi) is 4.89. The molecule has 1 aromatic carbocycles. The number of fused-ring (bicyclic) bond motifs is 6. The van der Waals surface area contributed by atoms with E-state index in [-0.39, 0.29) is 27.9 Å². The monoisotopic (exact) mass is 454 g/mol. The van der Waals surface area contributed by atoms with Crippen molar-refractivity contribution in [2.75, 3.05) is 0 Å². The molecule has 1 atom stereocenters. The Bertz CT molecular complexity index is 1040. The fraction of sp³-hybridized carbons (Fsp3) is 0.615. The van der Waals surface area contributed by atoms with Gasteiger partial charge in [0.25, 0.3) is 0 Å². The molecule has 0 radical (unpaired) electrons. The number of hydrogen-bond acceptors (Lipinski definition) is 3. The van der Waals surface area contributed by atoms with Gasteiger partial charge in [-0.2, -0.15) is 0 Å². The van der Waals surface area contributed by atoms with E-state index in [9.17, 15) is 9.18 Å². The molecule has 2 bridgehead atoms. The molecule has 3 aliphatic carbocycles. The molecule has 0 amide bonds. The van der Waals surface area contributed by atoms with E-state index in [1.54, 1.807) is 18.6 Å². The summed E-state index contributed by atoms with van der Waals surface area (Å²) < 4.78 is 23.7. The summed E-state index contributed by atoms with van der Waals surface area (Å²) in [6.07, 6.45) is 9.45. The molecule has 6 heteroatoms. The van der Waals surface area contributed by atoms with Crippen molar-refractivity contribution in [2.45, 2.75) is 95.5 Å². The van der Waals surface area contributed by atoms with Crippen LogP contribution < -0.4 is 0 Å². The molecule has 172 valence electrons. The van der Waals surface area contributed by atoms with Gasteiger partial charge in [0, 0.05) is 23.0 Å². The van der Waals surface area contributed by atoms with Crippen LogP contribution in [-0.4, -0.2) is 29.3 Å². The van der Waals surface area contributed by atoms with Gasteiger partial charge in [-0.05, 0) is 62.7 Å². The fourth-order valence-corrected chi connectivity index (χ4v) is 7.70. The molecule has 3 fully saturated rings. The number of rotatable bonds is 5. The molecule has 3 saturated carbocycles. The number of nitrogens with zero attached hydrogens (tertiary/aromatic N) is 2. The van der Waals surface area contributed by atoms with Crippen LogP contribution in [0.15, 0.2) is 30.7 Å². The molecule has 0 N–H and O–H groups in total. The highest BCUT2D eigenvalue weighted by Crippen LogP contribution is 2.57. The first-order valence-corrected chi connectivity index (χ1v) is 14.9. The van der Waals surface area contributed by atoms with E-state index in [4.69, 9.17) is 4.43 Å². The fourth-order valence-electron chi connectivity index (χ4n) is 6.01. The number of aromatic nitrogens is 2. The summed E-state index contributed by atoms with van der Waals surface area (Å²) in [5, 5.41) is 0.187. The van der Waals surface area contributed by atoms with Crippen LogP contribution in [0.5, 0.6) is 0 Å². The molecule has 0 saturated heterocycles. The van der Waals surface area contributed by atoms with Gasteiger partial charge in [0.05, 0.1) is 29.9 Å². The molecule has 1 aliphatic heterocycles. The first-order valence-electron chi connectivity index (χ1n) is 12.0. The molecule has 2 aromatic rings. The maximum atomic E-state index is 14.8. The third-order valence-electron chi connectivity index (χ3n) is 9.09. The number of halogens is 1. The van der Waals surface area contributed by atoms with Crippen molar-refractivity contribution in [1.82, 2.24) is 9.55 Å². The molecule has 4 nitrogen and oxygen atoms in total. The SMILES string of the molecule is CC(C)(C)[Si](C)(C)OC12CCC(C(=O)CC3c4c(F)cccc4-c4cncn43)(CC1)CC2. The van der Waals surface area contributed by atoms with Crippen molar-refractivity contribution in [1.29, 1.82) is 0 Å². The Balaban J connectivity index is 1.34. The van der Waals surface area contributed by atoms with E-state index in [1.165, 1.54) is 6.07 Å². The highest BCUT2D eigenvalue weighted by molar-refractivity contribution is 6.74. The Morgan fingerprint density at radius 3 is 2.47 bits per heavy atom. The molecule has 0 spiro atoms. The lowest BCUT2D eigenvalue weighted by Crippen LogP contribution is -2.56. The largest absolute Gasteiger partial charge is 0.411 e. The molecule has 4 aliphatic rings. The number of carbonyl (C=O) groups is 1. The molecule has 1 unspecified atom stereocenters. The highest BCUT2D eigenvalue weighted by Gasteiger charge is 2.55. The van der Waals surface area contributed by atoms with Crippen molar-refractivity contribution in [2.24, 2.45) is 5.41 Å². The van der Waals surface area contributed by atoms with Gasteiger partial charge in [0.15, 0.2) is 8.32 Å². The number of ketones is 1. The lowest BCUT2D eigenvalue weighted by molar-refractivity contribution is -0.144. The third-order valence-corrected chi connectivity index (χ3v) is 13.6. The molecular weight excluding hydrogens is 419 g/mol. The second kappa shape index (κ2) is 7.10. The predicted octanol–water partition coefficient (Wildman–Crippen LogP) is 6.67. The summed E-state index contributed by atoms with van der Waals surface area (Å²) in [5.74, 6) is 0.0643. The van der Waals surface area contributed by atoms with E-state index < -0.39 is 8.32 Å². The first-order chi connectivity index (χ1) is 15.0. The number of Topliss-reactive ketones (excluding diaryl/α,β-unsaturated/α-hetero) is 1. The van der Waals surface area contributed by atoms with Crippen LogP contribution in [0.1, 0.15) is 77.3 Å². The van der Waals surface area contributed by atoms with Crippen LogP contribution in [0.25, 0.3) is 11.3 Å². The van der Waals surface area contributed by atoms with Gasteiger partial charge in [-0.25, -0.2) is 9.37 Å². The summed E-state index contributed by atoms with van der Waals surface area (Å²) in [6.45, 7) is 11.5. The van der Waals surface area contributed by atoms with E-state index in [2.05, 4.69) is 38.8 Å². The average Bonchev–Trinajstić information content (AvgIpc) is 3.31. The van der Waals surface area contributed by atoms with Crippen molar-refractivity contribution in [3.63, 3.8) is 0 Å². The Hall–Kier alpha value is -1.79. The smallest absolute Gasteiger partial charge is 0.192 e. The maximum absolute atomic E-state index is 14.8. The van der Waals surface area contributed by atoms with Gasteiger partial charge in [-0.3, -0.25) is 4.79 Å². The number of benzene rings is 1. The average molecular weight is 455 g/mol. The van der Waals surface area contributed by atoms with Gasteiger partial charge >= 0.3 is 0 Å². The van der Waals surface area contributed by atoms with Crippen molar-refractivity contribution in [3.05, 3.63) is 42.1 Å².